The molecule has 1 saturated carbocycles. The normalized spacial score (nSPS) is 22.7. The summed E-state index contributed by atoms with van der Waals surface area (Å²) < 4.78 is 17.2. The summed E-state index contributed by atoms with van der Waals surface area (Å²) in [4.78, 5) is 15.0. The number of benzene rings is 2. The Balaban J connectivity index is 1.30. The van der Waals surface area contributed by atoms with Crippen LogP contribution in [0.3, 0.4) is 0 Å². The monoisotopic (exact) mass is 466 g/mol. The minimum Gasteiger partial charge on any atom is -0.492 e. The van der Waals surface area contributed by atoms with Gasteiger partial charge in [0, 0.05) is 32.1 Å². The van der Waals surface area contributed by atoms with Gasteiger partial charge in [-0.25, -0.2) is 4.79 Å². The van der Waals surface area contributed by atoms with Crippen molar-refractivity contribution in [1.29, 1.82) is 0 Å². The van der Waals surface area contributed by atoms with E-state index in [9.17, 15) is 4.79 Å². The van der Waals surface area contributed by atoms with E-state index in [-0.39, 0.29) is 11.4 Å². The van der Waals surface area contributed by atoms with E-state index in [1.54, 1.807) is 6.92 Å². The molecule has 2 aliphatic rings. The van der Waals surface area contributed by atoms with Gasteiger partial charge in [-0.1, -0.05) is 45.0 Å². The largest absolute Gasteiger partial charge is 0.492 e. The minimum atomic E-state index is -0.708. The lowest BCUT2D eigenvalue weighted by molar-refractivity contribution is -0.151. The van der Waals surface area contributed by atoms with Gasteiger partial charge in [-0.2, -0.15) is 0 Å². The van der Waals surface area contributed by atoms with Crippen molar-refractivity contribution in [3.8, 4) is 11.5 Å². The first-order valence-corrected chi connectivity index (χ1v) is 12.4. The maximum Gasteiger partial charge on any atom is 0.347 e. The Bertz CT molecular complexity index is 940. The molecule has 0 aromatic heterocycles. The van der Waals surface area contributed by atoms with Crippen LogP contribution in [0.4, 0.5) is 0 Å². The lowest BCUT2D eigenvalue weighted by Gasteiger charge is -2.21. The third-order valence-electron chi connectivity index (χ3n) is 6.90. The fourth-order valence-corrected chi connectivity index (χ4v) is 4.68. The number of esters is 1. The number of piperidine rings is 1. The second-order valence-electron chi connectivity index (χ2n) is 10.5. The highest BCUT2D eigenvalue weighted by Crippen LogP contribution is 2.43. The van der Waals surface area contributed by atoms with Gasteiger partial charge in [0.2, 0.25) is 0 Å². The molecule has 1 aliphatic carbocycles. The van der Waals surface area contributed by atoms with Crippen LogP contribution in [0.25, 0.3) is 0 Å². The van der Waals surface area contributed by atoms with Gasteiger partial charge in [-0.15, -0.1) is 0 Å². The molecule has 2 N–H and O–H groups in total. The molecule has 2 aromatic rings. The molecule has 4 atom stereocenters. The number of hydrogen-bond acceptors (Lipinski definition) is 6. The third kappa shape index (κ3) is 6.10. The standard InChI is InChI=1S/C28H38N2O4/c1-5-32-27(31)25(34-22-12-8-20(9-13-22)28(2,3)4)16-19-6-10-21(11-7-19)33-15-14-30-17-23-24(18-30)26(23)29/h6-13,23-26H,5,14-18,29H2,1-4H3/t23-,24?,25-,26?/m0/s1. The summed E-state index contributed by atoms with van der Waals surface area (Å²) in [5, 5.41) is 0. The van der Waals surface area contributed by atoms with Crippen LogP contribution in [0.5, 0.6) is 11.5 Å². The number of rotatable bonds is 10. The number of carbonyl (C=O) groups is 1. The van der Waals surface area contributed by atoms with Crippen LogP contribution in [0, 0.1) is 11.8 Å². The van der Waals surface area contributed by atoms with E-state index in [1.165, 1.54) is 5.56 Å². The Morgan fingerprint density at radius 2 is 1.65 bits per heavy atom. The van der Waals surface area contributed by atoms with Gasteiger partial charge in [0.1, 0.15) is 18.1 Å². The van der Waals surface area contributed by atoms with Crippen molar-refractivity contribution in [3.05, 3.63) is 59.7 Å². The average Bonchev–Trinajstić information content (AvgIpc) is 3.18. The Kier molecular flexibility index (Phi) is 7.48. The lowest BCUT2D eigenvalue weighted by Crippen LogP contribution is -2.32. The minimum absolute atomic E-state index is 0.0608. The Labute approximate surface area is 203 Å². The third-order valence-corrected chi connectivity index (χ3v) is 6.90. The first-order valence-electron chi connectivity index (χ1n) is 12.4. The smallest absolute Gasteiger partial charge is 0.347 e. The maximum atomic E-state index is 12.6. The first kappa shape index (κ1) is 24.6. The molecule has 1 heterocycles. The van der Waals surface area contributed by atoms with E-state index < -0.39 is 6.10 Å². The Hall–Kier alpha value is -2.57. The number of hydrogen-bond donors (Lipinski definition) is 1. The molecule has 1 saturated heterocycles. The van der Waals surface area contributed by atoms with E-state index in [4.69, 9.17) is 19.9 Å². The second-order valence-corrected chi connectivity index (χ2v) is 10.5. The lowest BCUT2D eigenvalue weighted by atomic mass is 9.87. The molecule has 6 heteroatoms. The van der Waals surface area contributed by atoms with Gasteiger partial charge in [0.05, 0.1) is 6.61 Å². The summed E-state index contributed by atoms with van der Waals surface area (Å²) in [5.74, 6) is 2.53. The van der Waals surface area contributed by atoms with Crippen LogP contribution < -0.4 is 15.2 Å². The highest BCUT2D eigenvalue weighted by Gasteiger charge is 2.53. The quantitative estimate of drug-likeness (QED) is 0.537. The van der Waals surface area contributed by atoms with Crippen molar-refractivity contribution in [1.82, 2.24) is 4.90 Å². The Morgan fingerprint density at radius 1 is 1.03 bits per heavy atom. The van der Waals surface area contributed by atoms with E-state index >= 15 is 0 Å². The van der Waals surface area contributed by atoms with Crippen molar-refractivity contribution in [3.63, 3.8) is 0 Å². The predicted octanol–water partition coefficient (Wildman–Crippen LogP) is 3.81. The Morgan fingerprint density at radius 3 is 2.24 bits per heavy atom. The molecule has 4 rings (SSSR count). The van der Waals surface area contributed by atoms with Gasteiger partial charge in [0.15, 0.2) is 6.10 Å². The van der Waals surface area contributed by atoms with E-state index in [1.807, 2.05) is 48.5 Å². The number of carbonyl (C=O) groups excluding carboxylic acids is 1. The topological polar surface area (TPSA) is 74.0 Å². The van der Waals surface area contributed by atoms with Crippen molar-refractivity contribution in [2.75, 3.05) is 32.8 Å². The number of ether oxygens (including phenoxy) is 3. The van der Waals surface area contributed by atoms with Gasteiger partial charge in [-0.05, 0) is 59.6 Å². The van der Waals surface area contributed by atoms with E-state index in [0.29, 0.717) is 43.3 Å². The molecule has 2 fully saturated rings. The number of fused-ring (bicyclic) bond motifs is 1. The SMILES string of the molecule is CCOC(=O)[C@H](Cc1ccc(OCCN2CC3C(N)[C@H]3C2)cc1)Oc1ccc(C(C)(C)C)cc1. The molecule has 6 nitrogen and oxygen atoms in total. The van der Waals surface area contributed by atoms with E-state index in [0.717, 1.165) is 30.9 Å². The van der Waals surface area contributed by atoms with Crippen LogP contribution >= 0.6 is 0 Å². The van der Waals surface area contributed by atoms with E-state index in [2.05, 4.69) is 25.7 Å². The summed E-state index contributed by atoms with van der Waals surface area (Å²) >= 11 is 0. The van der Waals surface area contributed by atoms with Crippen molar-refractivity contribution >= 4 is 5.97 Å². The number of nitrogens with two attached hydrogens (primary N) is 1. The highest BCUT2D eigenvalue weighted by atomic mass is 16.6. The molecular weight excluding hydrogens is 428 g/mol. The molecule has 1 aliphatic heterocycles. The van der Waals surface area contributed by atoms with Crippen LogP contribution in [-0.4, -0.2) is 55.9 Å². The van der Waals surface area contributed by atoms with Crippen molar-refractivity contribution < 1.29 is 19.0 Å². The zero-order chi connectivity index (χ0) is 24.3. The highest BCUT2D eigenvalue weighted by molar-refractivity contribution is 5.75. The van der Waals surface area contributed by atoms with Gasteiger partial charge in [-0.3, -0.25) is 4.90 Å². The summed E-state index contributed by atoms with van der Waals surface area (Å²) in [7, 11) is 0. The summed E-state index contributed by atoms with van der Waals surface area (Å²) in [5.41, 5.74) is 8.27. The fourth-order valence-electron chi connectivity index (χ4n) is 4.68. The predicted molar refractivity (Wildman–Crippen MR) is 133 cm³/mol. The van der Waals surface area contributed by atoms with Crippen molar-refractivity contribution in [2.24, 2.45) is 17.6 Å². The molecule has 0 bridgehead atoms. The first-order chi connectivity index (χ1) is 16.2. The summed E-state index contributed by atoms with van der Waals surface area (Å²) in [6.07, 6.45) is -0.281. The van der Waals surface area contributed by atoms with Gasteiger partial charge < -0.3 is 19.9 Å². The van der Waals surface area contributed by atoms with Gasteiger partial charge >= 0.3 is 5.97 Å². The molecule has 2 aromatic carbocycles. The molecule has 0 amide bonds. The maximum absolute atomic E-state index is 12.6. The molecule has 0 spiro atoms. The molecule has 2 unspecified atom stereocenters. The zero-order valence-electron chi connectivity index (χ0n) is 20.8. The molecular formula is C28H38N2O4. The summed E-state index contributed by atoms with van der Waals surface area (Å²) in [6, 6.07) is 16.2. The zero-order valence-corrected chi connectivity index (χ0v) is 20.8. The van der Waals surface area contributed by atoms with Crippen LogP contribution in [0.15, 0.2) is 48.5 Å². The van der Waals surface area contributed by atoms with Gasteiger partial charge in [0.25, 0.3) is 0 Å². The molecule has 34 heavy (non-hydrogen) atoms. The number of likely N-dealkylation sites (tertiary alicyclic amines) is 1. The van der Waals surface area contributed by atoms with Crippen LogP contribution in [0.2, 0.25) is 0 Å². The average molecular weight is 467 g/mol. The van der Waals surface area contributed by atoms with Crippen LogP contribution in [0.1, 0.15) is 38.8 Å². The summed E-state index contributed by atoms with van der Waals surface area (Å²) in [6.45, 7) is 12.4. The molecule has 184 valence electrons. The fraction of sp³-hybridized carbons (Fsp3) is 0.536. The van der Waals surface area contributed by atoms with Crippen molar-refractivity contribution in [2.45, 2.75) is 51.7 Å². The van der Waals surface area contributed by atoms with Crippen LogP contribution in [-0.2, 0) is 21.4 Å². The number of nitrogens with zero attached hydrogens (tertiary/aromatic N) is 1. The molecule has 0 radical (unpaired) electrons. The second kappa shape index (κ2) is 10.4.